The monoisotopic (exact) mass is 790 g/mol. The van der Waals surface area contributed by atoms with Gasteiger partial charge in [-0.3, -0.25) is 18.6 Å². The van der Waals surface area contributed by atoms with E-state index in [-0.39, 0.29) is 12.8 Å². The van der Waals surface area contributed by atoms with Crippen LogP contribution in [-0.2, 0) is 32.7 Å². The second-order valence-electron chi connectivity index (χ2n) is 14.1. The molecule has 0 radical (unpaired) electrons. The third-order valence-electron chi connectivity index (χ3n) is 9.23. The van der Waals surface area contributed by atoms with E-state index in [2.05, 4.69) is 50.3 Å². The molecule has 0 spiro atoms. The number of hydrogen-bond acceptors (Lipinski definition) is 12. The van der Waals surface area contributed by atoms with E-state index >= 15 is 0 Å². The molecule has 1 fully saturated rings. The fourth-order valence-electron chi connectivity index (χ4n) is 5.88. The molecule has 0 heterocycles. The molecule has 6 unspecified atom stereocenters. The highest BCUT2D eigenvalue weighted by Crippen LogP contribution is 2.47. The normalized spacial score (nSPS) is 23.6. The van der Waals surface area contributed by atoms with Crippen LogP contribution in [-0.4, -0.2) is 98.3 Å². The molecule has 1 rings (SSSR count). The van der Waals surface area contributed by atoms with Gasteiger partial charge >= 0.3 is 19.8 Å². The summed E-state index contributed by atoms with van der Waals surface area (Å²) in [6, 6.07) is 0. The Morgan fingerprint density at radius 3 is 1.56 bits per heavy atom. The lowest BCUT2D eigenvalue weighted by Crippen LogP contribution is -2.64. The Morgan fingerprint density at radius 1 is 0.574 bits per heavy atom. The number of rotatable bonds is 32. The summed E-state index contributed by atoms with van der Waals surface area (Å²) >= 11 is 0. The first-order valence-electron chi connectivity index (χ1n) is 20.3. The summed E-state index contributed by atoms with van der Waals surface area (Å²) in [5, 5.41) is 49.9. The number of allylic oxidation sites excluding steroid dienone is 6. The zero-order chi connectivity index (χ0) is 40.0. The maximum Gasteiger partial charge on any atom is 0.472 e. The second kappa shape index (κ2) is 31.2. The van der Waals surface area contributed by atoms with Crippen LogP contribution in [0.3, 0.4) is 0 Å². The Bertz CT molecular complexity index is 1100. The zero-order valence-electron chi connectivity index (χ0n) is 32.8. The van der Waals surface area contributed by atoms with E-state index in [1.54, 1.807) is 0 Å². The van der Waals surface area contributed by atoms with Crippen LogP contribution in [0.1, 0.15) is 149 Å². The molecule has 0 saturated heterocycles. The Balaban J connectivity index is 2.56. The first-order valence-corrected chi connectivity index (χ1v) is 21.8. The number of carbonyl (C=O) groups excluding carboxylic acids is 2. The highest BCUT2D eigenvalue weighted by molar-refractivity contribution is 7.47. The number of ether oxygens (including phenoxy) is 2. The molecule has 0 bridgehead atoms. The lowest BCUT2D eigenvalue weighted by atomic mass is 9.85. The third kappa shape index (κ3) is 23.9. The predicted octanol–water partition coefficient (Wildman–Crippen LogP) is 6.66. The number of aliphatic hydroxyl groups is 5. The van der Waals surface area contributed by atoms with E-state index in [1.807, 2.05) is 0 Å². The van der Waals surface area contributed by atoms with E-state index < -0.39 is 75.7 Å². The van der Waals surface area contributed by atoms with Crippen LogP contribution in [0.4, 0.5) is 0 Å². The summed E-state index contributed by atoms with van der Waals surface area (Å²) in [4.78, 5) is 35.4. The van der Waals surface area contributed by atoms with Gasteiger partial charge in [-0.2, -0.15) is 0 Å². The van der Waals surface area contributed by atoms with Gasteiger partial charge in [-0.15, -0.1) is 0 Å². The summed E-state index contributed by atoms with van der Waals surface area (Å²) in [5.74, 6) is -1.15. The third-order valence-corrected chi connectivity index (χ3v) is 10.2. The molecule has 1 saturated carbocycles. The molecule has 6 N–H and O–H groups in total. The van der Waals surface area contributed by atoms with Gasteiger partial charge in [0, 0.05) is 12.8 Å². The van der Waals surface area contributed by atoms with Crippen LogP contribution in [0.25, 0.3) is 0 Å². The number of phosphoric acid groups is 1. The van der Waals surface area contributed by atoms with E-state index in [4.69, 9.17) is 18.5 Å². The lowest BCUT2D eigenvalue weighted by Gasteiger charge is -2.41. The van der Waals surface area contributed by atoms with Crippen molar-refractivity contribution in [2.45, 2.75) is 191 Å². The quantitative estimate of drug-likeness (QED) is 0.0183. The maximum absolute atomic E-state index is 12.7. The lowest BCUT2D eigenvalue weighted by molar-refractivity contribution is -0.220. The summed E-state index contributed by atoms with van der Waals surface area (Å²) < 4.78 is 33.3. The molecular weight excluding hydrogens is 719 g/mol. The van der Waals surface area contributed by atoms with E-state index in [0.29, 0.717) is 12.8 Å². The van der Waals surface area contributed by atoms with Crippen molar-refractivity contribution in [2.24, 2.45) is 0 Å². The Morgan fingerprint density at radius 2 is 1.00 bits per heavy atom. The van der Waals surface area contributed by atoms with E-state index in [1.165, 1.54) is 57.8 Å². The number of carbonyl (C=O) groups is 2. The molecule has 1 aliphatic rings. The van der Waals surface area contributed by atoms with Gasteiger partial charge in [-0.1, -0.05) is 121 Å². The first kappa shape index (κ1) is 50.1. The van der Waals surface area contributed by atoms with Crippen LogP contribution >= 0.6 is 7.82 Å². The molecule has 13 nitrogen and oxygen atoms in total. The highest BCUT2D eigenvalue weighted by Gasteiger charge is 2.51. The number of esters is 2. The molecule has 0 aromatic heterocycles. The van der Waals surface area contributed by atoms with Crippen molar-refractivity contribution in [1.29, 1.82) is 0 Å². The molecule has 0 amide bonds. The minimum absolute atomic E-state index is 0.0488. The smallest absolute Gasteiger partial charge is 0.462 e. The number of hydrogen-bond donors (Lipinski definition) is 6. The SMILES string of the molecule is CCCCC/C=C\C/C=C\C/C=C\CCCCC(=O)O[C@H](COC(=O)CCCCCCCCCCCC)COP(=O)(O)OC1C(O)C(O)C(O)[C@@H](O)C1O. The van der Waals surface area contributed by atoms with Crippen LogP contribution < -0.4 is 0 Å². The van der Waals surface area contributed by atoms with Crippen LogP contribution in [0, 0.1) is 0 Å². The van der Waals surface area contributed by atoms with Crippen LogP contribution in [0.5, 0.6) is 0 Å². The van der Waals surface area contributed by atoms with Crippen molar-refractivity contribution in [3.05, 3.63) is 36.5 Å². The van der Waals surface area contributed by atoms with Crippen molar-refractivity contribution in [1.82, 2.24) is 0 Å². The average Bonchev–Trinajstić information content (AvgIpc) is 3.15. The molecule has 314 valence electrons. The molecular formula is C40H71O13P. The van der Waals surface area contributed by atoms with Gasteiger partial charge in [0.15, 0.2) is 6.10 Å². The Kier molecular flexibility index (Phi) is 28.9. The molecule has 0 aromatic rings. The average molecular weight is 791 g/mol. The maximum atomic E-state index is 12.7. The topological polar surface area (TPSA) is 210 Å². The minimum Gasteiger partial charge on any atom is -0.462 e. The second-order valence-corrected chi connectivity index (χ2v) is 15.5. The summed E-state index contributed by atoms with van der Waals surface area (Å²) in [7, 11) is -5.12. The molecule has 8 atom stereocenters. The van der Waals surface area contributed by atoms with Crippen LogP contribution in [0.15, 0.2) is 36.5 Å². The van der Waals surface area contributed by atoms with Gasteiger partial charge in [0.25, 0.3) is 0 Å². The van der Waals surface area contributed by atoms with Gasteiger partial charge < -0.3 is 39.9 Å². The Hall–Kier alpha value is -1.93. The molecule has 0 aromatic carbocycles. The van der Waals surface area contributed by atoms with Crippen molar-refractivity contribution >= 4 is 19.8 Å². The van der Waals surface area contributed by atoms with Gasteiger partial charge in [0.2, 0.25) is 0 Å². The number of aliphatic hydroxyl groups excluding tert-OH is 5. The van der Waals surface area contributed by atoms with Gasteiger partial charge in [-0.05, 0) is 51.4 Å². The van der Waals surface area contributed by atoms with Gasteiger partial charge in [-0.25, -0.2) is 4.57 Å². The van der Waals surface area contributed by atoms with Gasteiger partial charge in [0.1, 0.15) is 43.2 Å². The summed E-state index contributed by atoms with van der Waals surface area (Å²) in [6.45, 7) is 3.19. The summed E-state index contributed by atoms with van der Waals surface area (Å²) in [6.07, 6.45) is 19.4. The minimum atomic E-state index is -5.12. The van der Waals surface area contributed by atoms with E-state index in [9.17, 15) is 44.6 Å². The Labute approximate surface area is 323 Å². The first-order chi connectivity index (χ1) is 25.9. The molecule has 14 heteroatoms. The fourth-order valence-corrected chi connectivity index (χ4v) is 6.85. The highest BCUT2D eigenvalue weighted by atomic mass is 31.2. The van der Waals surface area contributed by atoms with E-state index in [0.717, 1.165) is 51.4 Å². The fraction of sp³-hybridized carbons (Fsp3) is 0.800. The van der Waals surface area contributed by atoms with Crippen molar-refractivity contribution < 1.29 is 63.1 Å². The molecule has 0 aliphatic heterocycles. The van der Waals surface area contributed by atoms with Gasteiger partial charge in [0.05, 0.1) is 6.61 Å². The van der Waals surface area contributed by atoms with Crippen molar-refractivity contribution in [2.75, 3.05) is 13.2 Å². The predicted molar refractivity (Wildman–Crippen MR) is 207 cm³/mol. The number of unbranched alkanes of at least 4 members (excludes halogenated alkanes) is 14. The largest absolute Gasteiger partial charge is 0.472 e. The van der Waals surface area contributed by atoms with Crippen molar-refractivity contribution in [3.63, 3.8) is 0 Å². The molecule has 54 heavy (non-hydrogen) atoms. The van der Waals surface area contributed by atoms with Crippen LogP contribution in [0.2, 0.25) is 0 Å². The molecule has 1 aliphatic carbocycles. The van der Waals surface area contributed by atoms with Crippen molar-refractivity contribution in [3.8, 4) is 0 Å². The zero-order valence-corrected chi connectivity index (χ0v) is 33.7. The number of phosphoric ester groups is 1. The summed E-state index contributed by atoms with van der Waals surface area (Å²) in [5.41, 5.74) is 0. The standard InChI is InChI=1S/C40H71O13P/c1-3-5-7-9-11-13-15-16-17-18-19-21-23-25-27-29-34(42)52-32(30-50-33(41)28-26-24-22-20-14-12-10-8-6-4-2)31-51-54(48,49)53-40-38(46)36(44)35(43)37(45)39(40)47/h11,13,16-17,19,21,32,35-40,43-47H,3-10,12,14-15,18,20,22-31H2,1-2H3,(H,48,49)/b13-11-,17-16-,21-19-/t32-,35?,36-,37?,38?,39?,40?/m1/s1.